The summed E-state index contributed by atoms with van der Waals surface area (Å²) in [5.41, 5.74) is 3.23. The van der Waals surface area contributed by atoms with Crippen molar-refractivity contribution in [2.75, 3.05) is 6.54 Å². The SMILES string of the molecule is CCCC(C)OC(=O)c1ccc2c(c1)CNCC2. The van der Waals surface area contributed by atoms with E-state index in [4.69, 9.17) is 4.74 Å². The molecule has 0 radical (unpaired) electrons. The van der Waals surface area contributed by atoms with Gasteiger partial charge in [-0.1, -0.05) is 19.4 Å². The summed E-state index contributed by atoms with van der Waals surface area (Å²) in [5, 5.41) is 3.32. The Hall–Kier alpha value is -1.35. The first kappa shape index (κ1) is 13.1. The van der Waals surface area contributed by atoms with Crippen LogP contribution in [-0.2, 0) is 17.7 Å². The van der Waals surface area contributed by atoms with Crippen LogP contribution in [0.25, 0.3) is 0 Å². The zero-order valence-electron chi connectivity index (χ0n) is 11.2. The van der Waals surface area contributed by atoms with E-state index in [1.54, 1.807) is 0 Å². The molecule has 1 aromatic carbocycles. The number of hydrogen-bond donors (Lipinski definition) is 1. The van der Waals surface area contributed by atoms with Gasteiger partial charge in [-0.05, 0) is 49.6 Å². The first-order valence-corrected chi connectivity index (χ1v) is 6.74. The summed E-state index contributed by atoms with van der Waals surface area (Å²) in [5.74, 6) is -0.204. The molecule has 3 heteroatoms. The molecule has 98 valence electrons. The molecule has 1 atom stereocenters. The second-order valence-electron chi connectivity index (χ2n) is 4.91. The lowest BCUT2D eigenvalue weighted by molar-refractivity contribution is 0.0323. The highest BCUT2D eigenvalue weighted by Crippen LogP contribution is 2.17. The molecular formula is C15H21NO2. The molecule has 1 aliphatic heterocycles. The largest absolute Gasteiger partial charge is 0.459 e. The summed E-state index contributed by atoms with van der Waals surface area (Å²) in [4.78, 5) is 12.0. The third-order valence-electron chi connectivity index (χ3n) is 3.33. The number of hydrogen-bond acceptors (Lipinski definition) is 3. The number of carbonyl (C=O) groups excluding carboxylic acids is 1. The van der Waals surface area contributed by atoms with Gasteiger partial charge in [-0.2, -0.15) is 0 Å². The van der Waals surface area contributed by atoms with E-state index in [1.165, 1.54) is 11.1 Å². The lowest BCUT2D eigenvalue weighted by Gasteiger charge is -2.18. The number of ether oxygens (including phenoxy) is 1. The van der Waals surface area contributed by atoms with Gasteiger partial charge in [-0.25, -0.2) is 4.79 Å². The third kappa shape index (κ3) is 3.10. The highest BCUT2D eigenvalue weighted by molar-refractivity contribution is 5.89. The van der Waals surface area contributed by atoms with Crippen molar-refractivity contribution in [1.82, 2.24) is 5.32 Å². The molecule has 3 nitrogen and oxygen atoms in total. The quantitative estimate of drug-likeness (QED) is 0.831. The molecule has 1 aromatic rings. The predicted octanol–water partition coefficient (Wildman–Crippen LogP) is 2.68. The smallest absolute Gasteiger partial charge is 0.338 e. The Bertz CT molecular complexity index is 429. The second kappa shape index (κ2) is 6.01. The molecule has 0 spiro atoms. The van der Waals surface area contributed by atoms with Gasteiger partial charge in [0.15, 0.2) is 0 Å². The van der Waals surface area contributed by atoms with Gasteiger partial charge in [0, 0.05) is 6.54 Å². The van der Waals surface area contributed by atoms with Crippen LogP contribution in [0, 0.1) is 0 Å². The van der Waals surface area contributed by atoms with Gasteiger partial charge in [0.2, 0.25) is 0 Å². The van der Waals surface area contributed by atoms with Crippen LogP contribution in [0.4, 0.5) is 0 Å². The van der Waals surface area contributed by atoms with Crippen LogP contribution in [0.5, 0.6) is 0 Å². The summed E-state index contributed by atoms with van der Waals surface area (Å²) in [7, 11) is 0. The molecule has 1 N–H and O–H groups in total. The first-order valence-electron chi connectivity index (χ1n) is 6.74. The number of fused-ring (bicyclic) bond motifs is 1. The highest BCUT2D eigenvalue weighted by Gasteiger charge is 2.15. The van der Waals surface area contributed by atoms with Crippen LogP contribution >= 0.6 is 0 Å². The maximum absolute atomic E-state index is 12.0. The molecule has 0 fully saturated rings. The molecule has 2 rings (SSSR count). The van der Waals surface area contributed by atoms with Crippen molar-refractivity contribution in [3.8, 4) is 0 Å². The van der Waals surface area contributed by atoms with Gasteiger partial charge >= 0.3 is 5.97 Å². The lowest BCUT2D eigenvalue weighted by atomic mass is 9.98. The van der Waals surface area contributed by atoms with Crippen molar-refractivity contribution in [3.05, 3.63) is 34.9 Å². The Kier molecular flexibility index (Phi) is 4.37. The average Bonchev–Trinajstić information content (AvgIpc) is 2.38. The molecule has 0 saturated carbocycles. The van der Waals surface area contributed by atoms with Crippen LogP contribution in [0.2, 0.25) is 0 Å². The molecule has 1 heterocycles. The predicted molar refractivity (Wildman–Crippen MR) is 71.6 cm³/mol. The van der Waals surface area contributed by atoms with Gasteiger partial charge in [0.05, 0.1) is 11.7 Å². The number of rotatable bonds is 4. The van der Waals surface area contributed by atoms with Crippen LogP contribution < -0.4 is 5.32 Å². The van der Waals surface area contributed by atoms with Gasteiger partial charge in [0.1, 0.15) is 0 Å². The minimum atomic E-state index is -0.204. The Morgan fingerprint density at radius 2 is 2.28 bits per heavy atom. The van der Waals surface area contributed by atoms with Gasteiger partial charge in [0.25, 0.3) is 0 Å². The molecule has 0 bridgehead atoms. The Labute approximate surface area is 109 Å². The van der Waals surface area contributed by atoms with Crippen molar-refractivity contribution < 1.29 is 9.53 Å². The molecular weight excluding hydrogens is 226 g/mol. The van der Waals surface area contributed by atoms with Crippen molar-refractivity contribution in [2.24, 2.45) is 0 Å². The van der Waals surface area contributed by atoms with Crippen LogP contribution in [-0.4, -0.2) is 18.6 Å². The minimum absolute atomic E-state index is 0.00310. The zero-order chi connectivity index (χ0) is 13.0. The van der Waals surface area contributed by atoms with Gasteiger partial charge in [-0.3, -0.25) is 0 Å². The van der Waals surface area contributed by atoms with Crippen molar-refractivity contribution >= 4 is 5.97 Å². The van der Waals surface area contributed by atoms with E-state index >= 15 is 0 Å². The maximum atomic E-state index is 12.0. The monoisotopic (exact) mass is 247 g/mol. The fourth-order valence-electron chi connectivity index (χ4n) is 2.32. The molecule has 0 aliphatic carbocycles. The van der Waals surface area contributed by atoms with E-state index < -0.39 is 0 Å². The maximum Gasteiger partial charge on any atom is 0.338 e. The third-order valence-corrected chi connectivity index (χ3v) is 3.33. The van der Waals surface area contributed by atoms with Gasteiger partial charge < -0.3 is 10.1 Å². The summed E-state index contributed by atoms with van der Waals surface area (Å²) < 4.78 is 5.41. The van der Waals surface area contributed by atoms with E-state index in [1.807, 2.05) is 19.1 Å². The summed E-state index contributed by atoms with van der Waals surface area (Å²) in [6.45, 7) is 5.90. The van der Waals surface area contributed by atoms with E-state index in [0.717, 1.165) is 32.4 Å². The molecule has 0 aromatic heterocycles. The second-order valence-corrected chi connectivity index (χ2v) is 4.91. The fourth-order valence-corrected chi connectivity index (χ4v) is 2.32. The molecule has 18 heavy (non-hydrogen) atoms. The molecule has 0 saturated heterocycles. The molecule has 0 amide bonds. The van der Waals surface area contributed by atoms with Crippen LogP contribution in [0.1, 0.15) is 48.2 Å². The summed E-state index contributed by atoms with van der Waals surface area (Å²) in [6.07, 6.45) is 2.98. The van der Waals surface area contributed by atoms with E-state index in [2.05, 4.69) is 18.3 Å². The Balaban J connectivity index is 2.06. The Morgan fingerprint density at radius 1 is 1.44 bits per heavy atom. The topological polar surface area (TPSA) is 38.3 Å². The van der Waals surface area contributed by atoms with Crippen molar-refractivity contribution in [3.63, 3.8) is 0 Å². The minimum Gasteiger partial charge on any atom is -0.459 e. The summed E-state index contributed by atoms with van der Waals surface area (Å²) in [6, 6.07) is 5.89. The Morgan fingerprint density at radius 3 is 3.06 bits per heavy atom. The summed E-state index contributed by atoms with van der Waals surface area (Å²) >= 11 is 0. The van der Waals surface area contributed by atoms with E-state index in [0.29, 0.717) is 5.56 Å². The first-order chi connectivity index (χ1) is 8.70. The zero-order valence-corrected chi connectivity index (χ0v) is 11.2. The molecule has 1 unspecified atom stereocenters. The van der Waals surface area contributed by atoms with Crippen LogP contribution in [0.3, 0.4) is 0 Å². The standard InChI is InChI=1S/C15H21NO2/c1-3-4-11(2)18-15(17)13-6-5-12-7-8-16-10-14(12)9-13/h5-6,9,11,16H,3-4,7-8,10H2,1-2H3. The van der Waals surface area contributed by atoms with Crippen molar-refractivity contribution in [2.45, 2.75) is 45.8 Å². The normalized spacial score (nSPS) is 15.9. The average molecular weight is 247 g/mol. The van der Waals surface area contributed by atoms with Crippen LogP contribution in [0.15, 0.2) is 18.2 Å². The lowest BCUT2D eigenvalue weighted by Crippen LogP contribution is -2.24. The number of esters is 1. The van der Waals surface area contributed by atoms with Crippen molar-refractivity contribution in [1.29, 1.82) is 0 Å². The fraction of sp³-hybridized carbons (Fsp3) is 0.533. The highest BCUT2D eigenvalue weighted by atomic mass is 16.5. The van der Waals surface area contributed by atoms with Gasteiger partial charge in [-0.15, -0.1) is 0 Å². The number of carbonyl (C=O) groups is 1. The number of nitrogens with one attached hydrogen (secondary N) is 1. The number of benzene rings is 1. The van der Waals surface area contributed by atoms with E-state index in [-0.39, 0.29) is 12.1 Å². The van der Waals surface area contributed by atoms with E-state index in [9.17, 15) is 4.79 Å². The molecule has 1 aliphatic rings.